The van der Waals surface area contributed by atoms with Crippen LogP contribution < -0.4 is 14.9 Å². The summed E-state index contributed by atoms with van der Waals surface area (Å²) in [5.41, 5.74) is -2.05. The predicted molar refractivity (Wildman–Crippen MR) is 298 cm³/mol. The molecule has 22 heteroatoms. The van der Waals surface area contributed by atoms with Crippen molar-refractivity contribution in [1.82, 2.24) is 24.3 Å². The van der Waals surface area contributed by atoms with Crippen LogP contribution >= 0.6 is 23.4 Å². The third kappa shape index (κ3) is 16.4. The largest absolute Gasteiger partial charge is 0.501 e. The molecule has 3 aliphatic rings. The van der Waals surface area contributed by atoms with Crippen LogP contribution in [0, 0.1) is 5.41 Å². The molecule has 2 aliphatic heterocycles. The fraction of sp³-hybridized carbons (Fsp3) is 0.491. The van der Waals surface area contributed by atoms with Crippen molar-refractivity contribution in [3.05, 3.63) is 119 Å². The predicted octanol–water partition coefficient (Wildman–Crippen LogP) is 8.96. The second-order valence-corrected chi connectivity index (χ2v) is 26.6. The van der Waals surface area contributed by atoms with Gasteiger partial charge in [0.25, 0.3) is 25.8 Å². The number of rotatable bonds is 20. The lowest BCUT2D eigenvalue weighted by atomic mass is 9.71. The highest BCUT2D eigenvalue weighted by Crippen LogP contribution is 2.44. The first-order valence-corrected chi connectivity index (χ1v) is 30.2. The number of amides is 2. The average molecular weight is 1150 g/mol. The molecule has 2 heterocycles. The molecular formula is C55H71ClF3N7O8S3. The van der Waals surface area contributed by atoms with E-state index in [0.717, 1.165) is 81.2 Å². The van der Waals surface area contributed by atoms with Gasteiger partial charge in [-0.15, -0.1) is 11.8 Å². The molecule has 0 radical (unpaired) electrons. The number of carbonyl (C=O) groups is 2. The van der Waals surface area contributed by atoms with Gasteiger partial charge in [0, 0.05) is 105 Å². The third-order valence-electron chi connectivity index (χ3n) is 14.1. The van der Waals surface area contributed by atoms with Crippen molar-refractivity contribution in [3.63, 3.8) is 0 Å². The number of ether oxygens (including phenoxy) is 1. The van der Waals surface area contributed by atoms with E-state index < -0.39 is 58.4 Å². The van der Waals surface area contributed by atoms with Gasteiger partial charge in [0.2, 0.25) is 0 Å². The molecule has 2 saturated heterocycles. The molecule has 2 atom stereocenters. The summed E-state index contributed by atoms with van der Waals surface area (Å²) in [6.07, 6.45) is 2.94. The average Bonchev–Trinajstić information content (AvgIpc) is 3.39. The zero-order chi connectivity index (χ0) is 55.8. The Morgan fingerprint density at radius 3 is 2.13 bits per heavy atom. The van der Waals surface area contributed by atoms with Crippen LogP contribution in [0.25, 0.3) is 5.57 Å². The number of halogens is 4. The molecule has 420 valence electrons. The summed E-state index contributed by atoms with van der Waals surface area (Å²) < 4.78 is 104. The Kier molecular flexibility index (Phi) is 19.8. The molecule has 4 aromatic rings. The monoisotopic (exact) mass is 1150 g/mol. The summed E-state index contributed by atoms with van der Waals surface area (Å²) in [5, 5.41) is 13.0. The third-order valence-corrected chi connectivity index (χ3v) is 18.4. The fourth-order valence-electron chi connectivity index (χ4n) is 9.98. The smallest absolute Gasteiger partial charge is 0.444 e. The number of sulfonamides is 1. The quantitative estimate of drug-likeness (QED) is 0.0717. The molecule has 2 fully saturated rings. The summed E-state index contributed by atoms with van der Waals surface area (Å²) in [6.45, 7) is 16.0. The molecule has 0 aromatic heterocycles. The summed E-state index contributed by atoms with van der Waals surface area (Å²) in [4.78, 5) is 35.7. The summed E-state index contributed by atoms with van der Waals surface area (Å²) in [6, 6.07) is 25.4. The molecule has 0 spiro atoms. The number of anilines is 2. The number of carbonyl (C=O) groups excluding carboxylic acids is 2. The van der Waals surface area contributed by atoms with E-state index in [-0.39, 0.29) is 23.7 Å². The van der Waals surface area contributed by atoms with Gasteiger partial charge in [-0.3, -0.25) is 14.6 Å². The normalized spacial score (nSPS) is 18.8. The van der Waals surface area contributed by atoms with Gasteiger partial charge in [-0.2, -0.15) is 13.2 Å². The van der Waals surface area contributed by atoms with E-state index >= 15 is 0 Å². The van der Waals surface area contributed by atoms with Crippen molar-refractivity contribution in [2.45, 2.75) is 85.2 Å². The number of thioether (sulfide) groups is 1. The number of piperazine rings is 2. The first-order chi connectivity index (χ1) is 36.3. The van der Waals surface area contributed by atoms with Crippen molar-refractivity contribution < 1.29 is 49.4 Å². The van der Waals surface area contributed by atoms with Gasteiger partial charge in [-0.25, -0.2) is 26.4 Å². The molecule has 1 aliphatic carbocycles. The Morgan fingerprint density at radius 1 is 0.857 bits per heavy atom. The van der Waals surface area contributed by atoms with Crippen LogP contribution in [0.5, 0.6) is 0 Å². The van der Waals surface area contributed by atoms with Gasteiger partial charge >= 0.3 is 11.6 Å². The van der Waals surface area contributed by atoms with Crippen molar-refractivity contribution in [2.75, 3.05) is 108 Å². The van der Waals surface area contributed by atoms with E-state index in [4.69, 9.17) is 16.3 Å². The highest BCUT2D eigenvalue weighted by atomic mass is 35.5. The zero-order valence-electron chi connectivity index (χ0n) is 44.3. The van der Waals surface area contributed by atoms with Crippen LogP contribution in [-0.4, -0.2) is 169 Å². The van der Waals surface area contributed by atoms with Gasteiger partial charge in [0.1, 0.15) is 10.5 Å². The van der Waals surface area contributed by atoms with E-state index in [1.165, 1.54) is 40.6 Å². The van der Waals surface area contributed by atoms with Gasteiger partial charge < -0.3 is 29.9 Å². The molecule has 15 nitrogen and oxygen atoms in total. The first-order valence-electron chi connectivity index (χ1n) is 25.8. The number of hydrogen-bond acceptors (Lipinski definition) is 14. The summed E-state index contributed by atoms with van der Waals surface area (Å²) >= 11 is 7.71. The SMILES string of the molecule is CN(CCO)CCC(CSc1ccccc1)Nc1ccc(S(=O)(=O)NC(=O)c2ccc(N3CCN(CC4=C(c5ccc(Cl)cc5)CCC(C)(CN5CCN(C(=O)OC(C)(C)C)CC5)C4)CC3)cc2)cc1S(=O)(=O)C(F)(F)F. The van der Waals surface area contributed by atoms with Crippen molar-refractivity contribution in [2.24, 2.45) is 5.41 Å². The number of aliphatic hydroxyl groups excluding tert-OH is 1. The number of aliphatic hydroxyl groups is 1. The van der Waals surface area contributed by atoms with E-state index in [1.54, 1.807) is 24.1 Å². The molecule has 77 heavy (non-hydrogen) atoms. The second kappa shape index (κ2) is 25.5. The number of likely N-dealkylation sites (N-methyl/N-ethyl adjacent to an activating group) is 1. The maximum absolute atomic E-state index is 14.2. The maximum Gasteiger partial charge on any atom is 0.501 e. The van der Waals surface area contributed by atoms with Crippen molar-refractivity contribution in [3.8, 4) is 0 Å². The molecule has 0 saturated carbocycles. The number of hydrogen-bond donors (Lipinski definition) is 3. The van der Waals surface area contributed by atoms with E-state index in [2.05, 4.69) is 39.1 Å². The Bertz CT molecular complexity index is 2920. The van der Waals surface area contributed by atoms with Gasteiger partial charge in [-0.05, 0) is 143 Å². The molecule has 4 aromatic carbocycles. The lowest BCUT2D eigenvalue weighted by Gasteiger charge is -2.44. The van der Waals surface area contributed by atoms with Crippen molar-refractivity contribution in [1.29, 1.82) is 0 Å². The lowest BCUT2D eigenvalue weighted by molar-refractivity contribution is -0.0436. The van der Waals surface area contributed by atoms with Crippen LogP contribution in [-0.2, 0) is 24.6 Å². The summed E-state index contributed by atoms with van der Waals surface area (Å²) in [7, 11) is -9.23. The van der Waals surface area contributed by atoms with Crippen LogP contribution in [0.2, 0.25) is 5.02 Å². The Balaban J connectivity index is 0.989. The Hall–Kier alpha value is -4.87. The van der Waals surface area contributed by atoms with Gasteiger partial charge in [-0.1, -0.05) is 54.4 Å². The van der Waals surface area contributed by atoms with Crippen molar-refractivity contribution >= 4 is 72.2 Å². The van der Waals surface area contributed by atoms with Crippen LogP contribution in [0.4, 0.5) is 29.3 Å². The minimum Gasteiger partial charge on any atom is -0.444 e. The minimum absolute atomic E-state index is 0.0268. The van der Waals surface area contributed by atoms with Crippen LogP contribution in [0.3, 0.4) is 0 Å². The number of nitrogens with zero attached hydrogens (tertiary/aromatic N) is 5. The highest BCUT2D eigenvalue weighted by molar-refractivity contribution is 7.99. The first kappa shape index (κ1) is 59.8. The topological polar surface area (TPSA) is 172 Å². The number of nitrogens with one attached hydrogen (secondary N) is 2. The Labute approximate surface area is 461 Å². The minimum atomic E-state index is -6.10. The number of benzene rings is 4. The molecular weight excluding hydrogens is 1080 g/mol. The highest BCUT2D eigenvalue weighted by Gasteiger charge is 2.48. The number of alkyl halides is 3. The van der Waals surface area contributed by atoms with Gasteiger partial charge in [0.15, 0.2) is 0 Å². The summed E-state index contributed by atoms with van der Waals surface area (Å²) in [5.74, 6) is -0.749. The second-order valence-electron chi connectivity index (χ2n) is 21.5. The van der Waals surface area contributed by atoms with E-state index in [0.29, 0.717) is 62.5 Å². The van der Waals surface area contributed by atoms with Crippen LogP contribution in [0.15, 0.2) is 117 Å². The number of allylic oxidation sites excluding steroid dienone is 1. The Morgan fingerprint density at radius 2 is 1.51 bits per heavy atom. The van der Waals surface area contributed by atoms with E-state index in [1.807, 2.05) is 72.9 Å². The molecule has 2 amide bonds. The maximum atomic E-state index is 14.2. The number of sulfone groups is 1. The standard InChI is InChI=1S/C55H71ClF3N7O8S3/c1-53(2,3)74-52(69)66-31-27-64(28-32-66)39-54(4)23-21-48(40-11-15-43(56)16-12-40)42(36-54)37-63-25-29-65(30-26-63)45-17-13-41(14-18-45)51(68)61-77(72,73)47-19-20-49(50(35-47)76(70,71)55(57,58)59)60-44(22-24-62(5)33-34-67)38-75-46-9-7-6-8-10-46/h6-20,35,44,60,67H,21-34,36-39H2,1-5H3,(H,61,68). The molecule has 3 N–H and O–H groups in total. The molecule has 2 unspecified atom stereocenters. The fourth-order valence-corrected chi connectivity index (χ4v) is 13.1. The van der Waals surface area contributed by atoms with Gasteiger partial charge in [0.05, 0.1) is 17.2 Å². The molecule has 7 rings (SSSR count). The molecule has 0 bridgehead atoms. The van der Waals surface area contributed by atoms with Crippen LogP contribution in [0.1, 0.15) is 69.3 Å². The van der Waals surface area contributed by atoms with E-state index in [9.17, 15) is 44.7 Å². The zero-order valence-corrected chi connectivity index (χ0v) is 47.5. The lowest BCUT2D eigenvalue weighted by Crippen LogP contribution is -2.52.